The summed E-state index contributed by atoms with van der Waals surface area (Å²) >= 11 is 1.60. The maximum atomic E-state index is 12.6. The van der Waals surface area contributed by atoms with Crippen LogP contribution in [0.4, 0.5) is 0 Å². The molecule has 0 saturated heterocycles. The second-order valence-electron chi connectivity index (χ2n) is 6.71. The molecule has 4 heteroatoms. The molecule has 0 unspecified atom stereocenters. The molecule has 0 saturated carbocycles. The highest BCUT2D eigenvalue weighted by molar-refractivity contribution is 7.09. The molecule has 0 spiro atoms. The van der Waals surface area contributed by atoms with E-state index >= 15 is 0 Å². The quantitative estimate of drug-likeness (QED) is 0.803. The van der Waals surface area contributed by atoms with Crippen molar-refractivity contribution in [3.8, 4) is 0 Å². The molecule has 114 valence electrons. The number of Topliss-reactive ketones (excluding diaryl/α,β-unsaturated/α-hetero) is 1. The van der Waals surface area contributed by atoms with Gasteiger partial charge in [0, 0.05) is 10.8 Å². The predicted octanol–water partition coefficient (Wildman–Crippen LogP) is 3.67. The first-order valence-corrected chi connectivity index (χ1v) is 8.24. The number of carbonyl (C=O) groups excluding carboxylic acids is 1. The van der Waals surface area contributed by atoms with Gasteiger partial charge in [-0.15, -0.1) is 11.3 Å². The van der Waals surface area contributed by atoms with E-state index in [-0.39, 0.29) is 11.2 Å². The van der Waals surface area contributed by atoms with E-state index in [1.54, 1.807) is 11.3 Å². The van der Waals surface area contributed by atoms with Gasteiger partial charge in [-0.2, -0.15) is 0 Å². The highest BCUT2D eigenvalue weighted by Crippen LogP contribution is 2.25. The molecule has 20 heavy (non-hydrogen) atoms. The number of rotatable bonds is 6. The van der Waals surface area contributed by atoms with Crippen molar-refractivity contribution in [2.45, 2.75) is 65.8 Å². The van der Waals surface area contributed by atoms with Gasteiger partial charge in [-0.1, -0.05) is 34.6 Å². The Balaban J connectivity index is 2.83. The molecular weight excluding hydrogens is 268 g/mol. The fraction of sp³-hybridized carbons (Fsp3) is 0.750. The molecule has 1 aromatic rings. The van der Waals surface area contributed by atoms with Crippen LogP contribution in [0.15, 0.2) is 5.38 Å². The van der Waals surface area contributed by atoms with Gasteiger partial charge in [0.2, 0.25) is 0 Å². The molecule has 0 amide bonds. The van der Waals surface area contributed by atoms with Gasteiger partial charge >= 0.3 is 0 Å². The zero-order valence-corrected chi connectivity index (χ0v) is 14.7. The molecule has 0 atom stereocenters. The third kappa shape index (κ3) is 3.89. The van der Waals surface area contributed by atoms with Gasteiger partial charge in [-0.25, -0.2) is 4.98 Å². The summed E-state index contributed by atoms with van der Waals surface area (Å²) in [5, 5.41) is 3.01. The number of ketones is 1. The summed E-state index contributed by atoms with van der Waals surface area (Å²) in [5.74, 6) is 0.246. The van der Waals surface area contributed by atoms with Crippen molar-refractivity contribution >= 4 is 17.1 Å². The number of thiazole rings is 1. The van der Waals surface area contributed by atoms with E-state index in [9.17, 15) is 4.79 Å². The minimum Gasteiger partial charge on any atom is -0.297 e. The van der Waals surface area contributed by atoms with Crippen LogP contribution in [0.5, 0.6) is 0 Å². The topological polar surface area (TPSA) is 33.2 Å². The lowest BCUT2D eigenvalue weighted by Gasteiger charge is -2.35. The van der Waals surface area contributed by atoms with E-state index in [2.05, 4.69) is 49.9 Å². The molecule has 0 bridgehead atoms. The fourth-order valence-corrected chi connectivity index (χ4v) is 3.30. The Bertz CT molecular complexity index is 453. The first-order chi connectivity index (χ1) is 9.12. The van der Waals surface area contributed by atoms with E-state index in [1.807, 2.05) is 13.8 Å². The highest BCUT2D eigenvalue weighted by atomic mass is 32.1. The van der Waals surface area contributed by atoms with Crippen LogP contribution in [0, 0.1) is 0 Å². The Kier molecular flexibility index (Phi) is 5.50. The van der Waals surface area contributed by atoms with Crippen molar-refractivity contribution in [2.24, 2.45) is 0 Å². The van der Waals surface area contributed by atoms with Crippen molar-refractivity contribution in [2.75, 3.05) is 13.1 Å². The number of carbonyl (C=O) groups is 1. The van der Waals surface area contributed by atoms with Gasteiger partial charge in [0.15, 0.2) is 5.78 Å². The van der Waals surface area contributed by atoms with Gasteiger partial charge in [-0.3, -0.25) is 9.69 Å². The molecular formula is C16H28N2OS. The van der Waals surface area contributed by atoms with E-state index in [4.69, 9.17) is 0 Å². The van der Waals surface area contributed by atoms with Gasteiger partial charge < -0.3 is 0 Å². The Morgan fingerprint density at radius 3 is 2.15 bits per heavy atom. The standard InChI is InChI=1S/C16H28N2OS/c1-8-18(9-2)16(6,7)13(19)10-14-17-12(11-20-14)15(3,4)5/h11H,8-10H2,1-7H3. The van der Waals surface area contributed by atoms with Crippen molar-refractivity contribution < 1.29 is 4.79 Å². The summed E-state index contributed by atoms with van der Waals surface area (Å²) in [5.41, 5.74) is 0.703. The number of hydrogen-bond acceptors (Lipinski definition) is 4. The maximum Gasteiger partial charge on any atom is 0.159 e. The molecule has 0 radical (unpaired) electrons. The summed E-state index contributed by atoms with van der Waals surface area (Å²) < 4.78 is 0. The van der Waals surface area contributed by atoms with Crippen molar-refractivity contribution in [1.82, 2.24) is 9.88 Å². The van der Waals surface area contributed by atoms with Crippen molar-refractivity contribution in [1.29, 1.82) is 0 Å². The summed E-state index contributed by atoms with van der Waals surface area (Å²) in [7, 11) is 0. The summed E-state index contributed by atoms with van der Waals surface area (Å²) in [6.45, 7) is 16.4. The average molecular weight is 296 g/mol. The minimum absolute atomic E-state index is 0.0478. The largest absolute Gasteiger partial charge is 0.297 e. The molecule has 0 fully saturated rings. The number of nitrogens with zero attached hydrogens (tertiary/aromatic N) is 2. The van der Waals surface area contributed by atoms with E-state index < -0.39 is 5.54 Å². The Morgan fingerprint density at radius 1 is 1.20 bits per heavy atom. The van der Waals surface area contributed by atoms with Crippen molar-refractivity contribution in [3.05, 3.63) is 16.1 Å². The van der Waals surface area contributed by atoms with Crippen LogP contribution in [0.3, 0.4) is 0 Å². The lowest BCUT2D eigenvalue weighted by atomic mass is 9.93. The fourth-order valence-electron chi connectivity index (χ4n) is 2.28. The molecule has 0 aromatic carbocycles. The number of likely N-dealkylation sites (N-methyl/N-ethyl adjacent to an activating group) is 1. The molecule has 0 aliphatic rings. The summed E-state index contributed by atoms with van der Waals surface area (Å²) in [6.07, 6.45) is 0.435. The molecule has 1 heterocycles. The molecule has 0 aliphatic carbocycles. The van der Waals surface area contributed by atoms with Crippen LogP contribution in [-0.2, 0) is 16.6 Å². The smallest absolute Gasteiger partial charge is 0.159 e. The van der Waals surface area contributed by atoms with Gasteiger partial charge in [0.1, 0.15) is 5.01 Å². The molecule has 3 nitrogen and oxygen atoms in total. The summed E-state index contributed by atoms with van der Waals surface area (Å²) in [6, 6.07) is 0. The zero-order chi connectivity index (χ0) is 15.6. The van der Waals surface area contributed by atoms with Crippen LogP contribution < -0.4 is 0 Å². The van der Waals surface area contributed by atoms with E-state index in [1.165, 1.54) is 0 Å². The van der Waals surface area contributed by atoms with Crippen LogP contribution in [0.25, 0.3) is 0 Å². The third-order valence-corrected chi connectivity index (χ3v) is 4.72. The summed E-state index contributed by atoms with van der Waals surface area (Å²) in [4.78, 5) is 19.4. The normalized spacial score (nSPS) is 13.0. The van der Waals surface area contributed by atoms with Crippen LogP contribution in [-0.4, -0.2) is 34.3 Å². The highest BCUT2D eigenvalue weighted by Gasteiger charge is 2.33. The SMILES string of the molecule is CCN(CC)C(C)(C)C(=O)Cc1nc(C(C)(C)C)cs1. The van der Waals surface area contributed by atoms with E-state index in [0.29, 0.717) is 6.42 Å². The lowest BCUT2D eigenvalue weighted by molar-refractivity contribution is -0.128. The second-order valence-corrected chi connectivity index (χ2v) is 7.65. The molecule has 0 aliphatic heterocycles. The van der Waals surface area contributed by atoms with Crippen LogP contribution in [0.2, 0.25) is 0 Å². The first kappa shape index (κ1) is 17.3. The van der Waals surface area contributed by atoms with Crippen LogP contribution in [0.1, 0.15) is 59.2 Å². The van der Waals surface area contributed by atoms with Gasteiger partial charge in [0.25, 0.3) is 0 Å². The number of aromatic nitrogens is 1. The Labute approximate surface area is 127 Å². The molecule has 0 N–H and O–H groups in total. The van der Waals surface area contributed by atoms with Gasteiger partial charge in [-0.05, 0) is 26.9 Å². The molecule has 1 rings (SSSR count). The predicted molar refractivity (Wildman–Crippen MR) is 86.5 cm³/mol. The van der Waals surface area contributed by atoms with Crippen LogP contribution >= 0.6 is 11.3 Å². The second kappa shape index (κ2) is 6.35. The van der Waals surface area contributed by atoms with Gasteiger partial charge in [0.05, 0.1) is 17.7 Å². The number of hydrogen-bond donors (Lipinski definition) is 0. The average Bonchev–Trinajstić information content (AvgIpc) is 2.78. The van der Waals surface area contributed by atoms with Crippen molar-refractivity contribution in [3.63, 3.8) is 0 Å². The lowest BCUT2D eigenvalue weighted by Crippen LogP contribution is -2.50. The monoisotopic (exact) mass is 296 g/mol. The Morgan fingerprint density at radius 2 is 1.75 bits per heavy atom. The minimum atomic E-state index is -0.420. The maximum absolute atomic E-state index is 12.6. The Hall–Kier alpha value is -0.740. The zero-order valence-electron chi connectivity index (χ0n) is 13.9. The first-order valence-electron chi connectivity index (χ1n) is 7.36. The molecule has 1 aromatic heterocycles. The third-order valence-electron chi connectivity index (χ3n) is 3.87. The van der Waals surface area contributed by atoms with E-state index in [0.717, 1.165) is 23.8 Å².